The van der Waals surface area contributed by atoms with E-state index < -0.39 is 5.41 Å². The van der Waals surface area contributed by atoms with E-state index >= 15 is 0 Å². The lowest BCUT2D eigenvalue weighted by molar-refractivity contribution is -0.141. The Hall–Kier alpha value is -1.88. The van der Waals surface area contributed by atoms with Gasteiger partial charge in [-0.3, -0.25) is 9.59 Å². The average Bonchev–Trinajstić information content (AvgIpc) is 2.51. The molecule has 0 aliphatic carbocycles. The molecule has 2 N–H and O–H groups in total. The normalized spacial score (nSPS) is 11.3. The van der Waals surface area contributed by atoms with Crippen LogP contribution in [-0.4, -0.2) is 50.4 Å². The molecule has 23 heavy (non-hydrogen) atoms. The highest BCUT2D eigenvalue weighted by atomic mass is 16.2. The number of rotatable bonds is 9. The van der Waals surface area contributed by atoms with Crippen molar-refractivity contribution < 1.29 is 9.59 Å². The lowest BCUT2D eigenvalue weighted by Gasteiger charge is -2.23. The van der Waals surface area contributed by atoms with Gasteiger partial charge in [0, 0.05) is 19.6 Å². The van der Waals surface area contributed by atoms with E-state index in [-0.39, 0.29) is 11.8 Å². The van der Waals surface area contributed by atoms with Crippen LogP contribution in [0, 0.1) is 5.41 Å². The summed E-state index contributed by atoms with van der Waals surface area (Å²) in [6, 6.07) is 10.2. The molecule has 0 bridgehead atoms. The standard InChI is InChI=1S/C18H29N3O2/c1-18(2,17(23)20-13-14-21(3)4)16(22)19-12-8-11-15-9-6-5-7-10-15/h5-7,9-10H,8,11-14H2,1-4H3,(H,19,22)(H,20,23). The molecule has 0 spiro atoms. The van der Waals surface area contributed by atoms with E-state index in [9.17, 15) is 9.59 Å². The van der Waals surface area contributed by atoms with Crippen LogP contribution in [0.25, 0.3) is 0 Å². The molecule has 5 nitrogen and oxygen atoms in total. The smallest absolute Gasteiger partial charge is 0.235 e. The fourth-order valence-corrected chi connectivity index (χ4v) is 2.08. The predicted molar refractivity (Wildman–Crippen MR) is 93.1 cm³/mol. The first-order valence-corrected chi connectivity index (χ1v) is 8.09. The minimum Gasteiger partial charge on any atom is -0.355 e. The van der Waals surface area contributed by atoms with E-state index in [2.05, 4.69) is 22.8 Å². The minimum absolute atomic E-state index is 0.229. The molecule has 0 heterocycles. The number of amides is 2. The predicted octanol–water partition coefficient (Wildman–Crippen LogP) is 1.44. The highest BCUT2D eigenvalue weighted by Gasteiger charge is 2.35. The molecule has 0 saturated heterocycles. The van der Waals surface area contributed by atoms with Gasteiger partial charge in [0.2, 0.25) is 11.8 Å². The van der Waals surface area contributed by atoms with E-state index in [4.69, 9.17) is 0 Å². The molecule has 0 atom stereocenters. The summed E-state index contributed by atoms with van der Waals surface area (Å²) in [4.78, 5) is 26.4. The van der Waals surface area contributed by atoms with Crippen LogP contribution in [0.3, 0.4) is 0 Å². The Kier molecular flexibility index (Phi) is 7.75. The fraction of sp³-hybridized carbons (Fsp3) is 0.556. The summed E-state index contributed by atoms with van der Waals surface area (Å²) in [5, 5.41) is 5.67. The van der Waals surface area contributed by atoms with E-state index in [0.717, 1.165) is 19.4 Å². The van der Waals surface area contributed by atoms with Crippen LogP contribution in [0.2, 0.25) is 0 Å². The molecule has 5 heteroatoms. The van der Waals surface area contributed by atoms with Gasteiger partial charge in [-0.25, -0.2) is 0 Å². The van der Waals surface area contributed by atoms with Crippen LogP contribution < -0.4 is 10.6 Å². The molecule has 0 aliphatic heterocycles. The van der Waals surface area contributed by atoms with Crippen molar-refractivity contribution in [2.24, 2.45) is 5.41 Å². The van der Waals surface area contributed by atoms with E-state index in [0.29, 0.717) is 13.1 Å². The molecule has 0 fully saturated rings. The Morgan fingerprint density at radius 1 is 1.00 bits per heavy atom. The Labute approximate surface area is 139 Å². The molecule has 1 rings (SSSR count). The number of carbonyl (C=O) groups is 2. The van der Waals surface area contributed by atoms with Crippen LogP contribution in [0.15, 0.2) is 30.3 Å². The van der Waals surface area contributed by atoms with Crippen molar-refractivity contribution in [2.75, 3.05) is 33.7 Å². The monoisotopic (exact) mass is 319 g/mol. The van der Waals surface area contributed by atoms with E-state index in [1.165, 1.54) is 5.56 Å². The van der Waals surface area contributed by atoms with Gasteiger partial charge in [-0.2, -0.15) is 0 Å². The Balaban J connectivity index is 2.32. The zero-order chi connectivity index (χ0) is 17.3. The number of likely N-dealkylation sites (N-methyl/N-ethyl adjacent to an activating group) is 1. The Morgan fingerprint density at radius 2 is 1.57 bits per heavy atom. The maximum absolute atomic E-state index is 12.2. The van der Waals surface area contributed by atoms with Gasteiger partial charge in [0.05, 0.1) is 0 Å². The second kappa shape index (κ2) is 9.30. The second-order valence-electron chi connectivity index (χ2n) is 6.53. The van der Waals surface area contributed by atoms with Gasteiger partial charge < -0.3 is 15.5 Å². The van der Waals surface area contributed by atoms with E-state index in [1.54, 1.807) is 13.8 Å². The van der Waals surface area contributed by atoms with Gasteiger partial charge in [0.1, 0.15) is 5.41 Å². The zero-order valence-electron chi connectivity index (χ0n) is 14.7. The lowest BCUT2D eigenvalue weighted by atomic mass is 9.91. The van der Waals surface area contributed by atoms with Crippen molar-refractivity contribution in [3.05, 3.63) is 35.9 Å². The summed E-state index contributed by atoms with van der Waals surface area (Å²) in [5.41, 5.74) is 0.196. The number of hydrogen-bond donors (Lipinski definition) is 2. The quantitative estimate of drug-likeness (QED) is 0.535. The summed E-state index contributed by atoms with van der Waals surface area (Å²) < 4.78 is 0. The number of benzene rings is 1. The first kappa shape index (κ1) is 19.2. The molecule has 0 aliphatic rings. The number of nitrogens with zero attached hydrogens (tertiary/aromatic N) is 1. The molecule has 0 radical (unpaired) electrons. The Morgan fingerprint density at radius 3 is 2.13 bits per heavy atom. The number of nitrogens with one attached hydrogen (secondary N) is 2. The minimum atomic E-state index is -1.06. The highest BCUT2D eigenvalue weighted by Crippen LogP contribution is 2.15. The third-order valence-corrected chi connectivity index (χ3v) is 3.75. The van der Waals surface area contributed by atoms with Gasteiger partial charge in [0.25, 0.3) is 0 Å². The largest absolute Gasteiger partial charge is 0.355 e. The summed E-state index contributed by atoms with van der Waals surface area (Å²) >= 11 is 0. The summed E-state index contributed by atoms with van der Waals surface area (Å²) in [5.74, 6) is -0.465. The van der Waals surface area contributed by atoms with Crippen LogP contribution in [0.1, 0.15) is 25.8 Å². The molecule has 0 saturated carbocycles. The van der Waals surface area contributed by atoms with Gasteiger partial charge in [-0.1, -0.05) is 30.3 Å². The van der Waals surface area contributed by atoms with Gasteiger partial charge >= 0.3 is 0 Å². The van der Waals surface area contributed by atoms with E-state index in [1.807, 2.05) is 37.2 Å². The number of hydrogen-bond acceptors (Lipinski definition) is 3. The van der Waals surface area contributed by atoms with Crippen molar-refractivity contribution in [1.29, 1.82) is 0 Å². The average molecular weight is 319 g/mol. The summed E-state index contributed by atoms with van der Waals surface area (Å²) in [6.45, 7) is 5.17. The van der Waals surface area contributed by atoms with Crippen molar-refractivity contribution in [2.45, 2.75) is 26.7 Å². The van der Waals surface area contributed by atoms with Crippen LogP contribution in [0.5, 0.6) is 0 Å². The van der Waals surface area contributed by atoms with Crippen molar-refractivity contribution >= 4 is 11.8 Å². The first-order valence-electron chi connectivity index (χ1n) is 8.09. The maximum atomic E-state index is 12.2. The highest BCUT2D eigenvalue weighted by molar-refractivity contribution is 6.04. The fourth-order valence-electron chi connectivity index (χ4n) is 2.08. The summed E-state index contributed by atoms with van der Waals surface area (Å²) in [7, 11) is 3.88. The lowest BCUT2D eigenvalue weighted by Crippen LogP contribution is -2.49. The topological polar surface area (TPSA) is 61.4 Å². The van der Waals surface area contributed by atoms with Gasteiger partial charge in [-0.15, -0.1) is 0 Å². The van der Waals surface area contributed by atoms with Crippen LogP contribution in [0.4, 0.5) is 0 Å². The van der Waals surface area contributed by atoms with Crippen LogP contribution in [-0.2, 0) is 16.0 Å². The third-order valence-electron chi connectivity index (χ3n) is 3.75. The van der Waals surface area contributed by atoms with Gasteiger partial charge in [-0.05, 0) is 46.3 Å². The molecular formula is C18H29N3O2. The molecular weight excluding hydrogens is 290 g/mol. The number of carbonyl (C=O) groups excluding carboxylic acids is 2. The van der Waals surface area contributed by atoms with Crippen LogP contribution >= 0.6 is 0 Å². The Bertz CT molecular complexity index is 498. The molecule has 128 valence electrons. The molecule has 2 amide bonds. The SMILES string of the molecule is CN(C)CCNC(=O)C(C)(C)C(=O)NCCCc1ccccc1. The van der Waals surface area contributed by atoms with Crippen molar-refractivity contribution in [3.63, 3.8) is 0 Å². The van der Waals surface area contributed by atoms with Gasteiger partial charge in [0.15, 0.2) is 0 Å². The molecule has 1 aromatic rings. The van der Waals surface area contributed by atoms with Crippen molar-refractivity contribution in [3.8, 4) is 0 Å². The summed E-state index contributed by atoms with van der Waals surface area (Å²) in [6.07, 6.45) is 1.77. The first-order chi connectivity index (χ1) is 10.8. The maximum Gasteiger partial charge on any atom is 0.235 e. The molecule has 0 aromatic heterocycles. The number of aryl methyl sites for hydroxylation is 1. The molecule has 0 unspecified atom stereocenters. The third kappa shape index (κ3) is 6.82. The second-order valence-corrected chi connectivity index (χ2v) is 6.53. The molecule has 1 aromatic carbocycles. The zero-order valence-corrected chi connectivity index (χ0v) is 14.7. The van der Waals surface area contributed by atoms with Crippen molar-refractivity contribution in [1.82, 2.24) is 15.5 Å².